The molecule has 3 aromatic carbocycles. The molecule has 0 saturated heterocycles. The second-order valence-corrected chi connectivity index (χ2v) is 8.19. The smallest absolute Gasteiger partial charge is 0.175 e. The third-order valence-corrected chi connectivity index (χ3v) is 5.76. The Kier molecular flexibility index (Phi) is 7.56. The summed E-state index contributed by atoms with van der Waals surface area (Å²) in [6.07, 6.45) is 1.87. The van der Waals surface area contributed by atoms with Crippen molar-refractivity contribution in [2.45, 2.75) is 27.4 Å². The van der Waals surface area contributed by atoms with Gasteiger partial charge in [-0.1, -0.05) is 41.9 Å². The van der Waals surface area contributed by atoms with Crippen molar-refractivity contribution in [1.82, 2.24) is 0 Å². The molecule has 0 bridgehead atoms. The number of ether oxygens (including phenoxy) is 2. The van der Waals surface area contributed by atoms with Crippen molar-refractivity contribution < 1.29 is 9.47 Å². The van der Waals surface area contributed by atoms with Gasteiger partial charge in [0.1, 0.15) is 6.61 Å². The minimum Gasteiger partial charge on any atom is -0.490 e. The van der Waals surface area contributed by atoms with E-state index < -0.39 is 0 Å². The molecule has 0 saturated carbocycles. The molecular formula is C24H23ClINO2. The normalized spacial score (nSPS) is 11.1. The molecule has 0 heterocycles. The second-order valence-electron chi connectivity index (χ2n) is 6.62. The lowest BCUT2D eigenvalue weighted by molar-refractivity contribution is 0.267. The van der Waals surface area contributed by atoms with Gasteiger partial charge in [-0.25, -0.2) is 0 Å². The summed E-state index contributed by atoms with van der Waals surface area (Å²) >= 11 is 8.52. The number of aliphatic imine (C=N–C) groups is 1. The summed E-state index contributed by atoms with van der Waals surface area (Å²) in [6.45, 7) is 7.07. The highest BCUT2D eigenvalue weighted by atomic mass is 127. The van der Waals surface area contributed by atoms with E-state index in [2.05, 4.69) is 47.5 Å². The molecule has 0 aromatic heterocycles. The number of benzene rings is 3. The highest BCUT2D eigenvalue weighted by molar-refractivity contribution is 14.1. The quantitative estimate of drug-likeness (QED) is 0.242. The largest absolute Gasteiger partial charge is 0.490 e. The third kappa shape index (κ3) is 5.52. The highest BCUT2D eigenvalue weighted by Crippen LogP contribution is 2.35. The fourth-order valence-electron chi connectivity index (χ4n) is 2.85. The third-order valence-electron chi connectivity index (χ3n) is 4.59. The average molecular weight is 520 g/mol. The van der Waals surface area contributed by atoms with Crippen molar-refractivity contribution in [2.75, 3.05) is 6.61 Å². The van der Waals surface area contributed by atoms with Gasteiger partial charge in [-0.05, 0) is 84.3 Å². The van der Waals surface area contributed by atoms with Gasteiger partial charge in [0.2, 0.25) is 0 Å². The maximum atomic E-state index is 6.25. The van der Waals surface area contributed by atoms with Crippen LogP contribution in [0.4, 0.5) is 5.69 Å². The van der Waals surface area contributed by atoms with Crippen LogP contribution in [-0.4, -0.2) is 12.8 Å². The molecule has 0 radical (unpaired) electrons. The number of hydrogen-bond acceptors (Lipinski definition) is 3. The summed E-state index contributed by atoms with van der Waals surface area (Å²) in [5.74, 6) is 1.42. The van der Waals surface area contributed by atoms with Crippen molar-refractivity contribution in [1.29, 1.82) is 0 Å². The first kappa shape index (κ1) is 21.7. The van der Waals surface area contributed by atoms with Crippen molar-refractivity contribution in [3.05, 3.63) is 85.4 Å². The van der Waals surface area contributed by atoms with Crippen LogP contribution in [0, 0.1) is 17.4 Å². The molecule has 3 nitrogen and oxygen atoms in total. The SMILES string of the molecule is CCOc1cc(C=Nc2cccc(C)c2C)cc(I)c1OCc1ccccc1Cl. The Morgan fingerprint density at radius 1 is 1.03 bits per heavy atom. The Morgan fingerprint density at radius 3 is 2.59 bits per heavy atom. The lowest BCUT2D eigenvalue weighted by Gasteiger charge is -2.15. The van der Waals surface area contributed by atoms with E-state index in [0.717, 1.165) is 26.1 Å². The zero-order valence-electron chi connectivity index (χ0n) is 16.7. The minimum atomic E-state index is 0.381. The van der Waals surface area contributed by atoms with Crippen LogP contribution in [0.1, 0.15) is 29.2 Å². The molecule has 0 aliphatic rings. The molecule has 0 fully saturated rings. The van der Waals surface area contributed by atoms with Crippen molar-refractivity contribution in [2.24, 2.45) is 4.99 Å². The predicted octanol–water partition coefficient (Wildman–Crippen LogP) is 7.29. The number of nitrogens with zero attached hydrogens (tertiary/aromatic N) is 1. The molecule has 0 unspecified atom stereocenters. The Balaban J connectivity index is 1.87. The minimum absolute atomic E-state index is 0.381. The molecule has 150 valence electrons. The van der Waals surface area contributed by atoms with Crippen LogP contribution in [0.25, 0.3) is 0 Å². The Labute approximate surface area is 190 Å². The van der Waals surface area contributed by atoms with Crippen LogP contribution in [0.3, 0.4) is 0 Å². The molecule has 5 heteroatoms. The predicted molar refractivity (Wildman–Crippen MR) is 129 cm³/mol. The maximum Gasteiger partial charge on any atom is 0.175 e. The van der Waals surface area contributed by atoms with E-state index in [1.54, 1.807) is 0 Å². The molecule has 29 heavy (non-hydrogen) atoms. The average Bonchev–Trinajstić information content (AvgIpc) is 2.70. The lowest BCUT2D eigenvalue weighted by atomic mass is 10.1. The van der Waals surface area contributed by atoms with Gasteiger partial charge >= 0.3 is 0 Å². The van der Waals surface area contributed by atoms with Crippen LogP contribution in [0.2, 0.25) is 5.02 Å². The first-order valence-corrected chi connectivity index (χ1v) is 10.9. The van der Waals surface area contributed by atoms with Crippen LogP contribution >= 0.6 is 34.2 Å². The summed E-state index contributed by atoms with van der Waals surface area (Å²) in [7, 11) is 0. The van der Waals surface area contributed by atoms with E-state index in [-0.39, 0.29) is 0 Å². The van der Waals surface area contributed by atoms with Crippen molar-refractivity contribution >= 4 is 46.1 Å². The van der Waals surface area contributed by atoms with E-state index >= 15 is 0 Å². The Bertz CT molecular complexity index is 1030. The maximum absolute atomic E-state index is 6.25. The Morgan fingerprint density at radius 2 is 1.83 bits per heavy atom. The zero-order chi connectivity index (χ0) is 20.8. The summed E-state index contributed by atoms with van der Waals surface area (Å²) in [5, 5.41) is 0.692. The molecule has 0 aliphatic heterocycles. The molecular weight excluding hydrogens is 497 g/mol. The van der Waals surface area contributed by atoms with Crippen molar-refractivity contribution in [3.8, 4) is 11.5 Å². The molecule has 3 aromatic rings. The highest BCUT2D eigenvalue weighted by Gasteiger charge is 2.13. The monoisotopic (exact) mass is 519 g/mol. The lowest BCUT2D eigenvalue weighted by Crippen LogP contribution is -2.03. The fraction of sp³-hybridized carbons (Fsp3) is 0.208. The van der Waals surface area contributed by atoms with E-state index in [9.17, 15) is 0 Å². The van der Waals surface area contributed by atoms with Crippen LogP contribution in [-0.2, 0) is 6.61 Å². The molecule has 0 aliphatic carbocycles. The molecule has 3 rings (SSSR count). The van der Waals surface area contributed by atoms with Crippen LogP contribution in [0.15, 0.2) is 59.6 Å². The summed E-state index contributed by atoms with van der Waals surface area (Å²) in [4.78, 5) is 4.67. The van der Waals surface area contributed by atoms with Gasteiger partial charge in [0.15, 0.2) is 11.5 Å². The van der Waals surface area contributed by atoms with Crippen molar-refractivity contribution in [3.63, 3.8) is 0 Å². The number of aryl methyl sites for hydroxylation is 1. The van der Waals surface area contributed by atoms with E-state index in [1.165, 1.54) is 11.1 Å². The number of hydrogen-bond donors (Lipinski definition) is 0. The first-order chi connectivity index (χ1) is 14.0. The second kappa shape index (κ2) is 10.1. The van der Waals surface area contributed by atoms with Gasteiger partial charge in [-0.15, -0.1) is 0 Å². The van der Waals surface area contributed by atoms with Gasteiger partial charge in [0.05, 0.1) is 15.9 Å². The number of halogens is 2. The van der Waals surface area contributed by atoms with Crippen LogP contribution in [0.5, 0.6) is 11.5 Å². The van der Waals surface area contributed by atoms with E-state index in [0.29, 0.717) is 24.0 Å². The molecule has 0 spiro atoms. The van der Waals surface area contributed by atoms with Gasteiger partial charge in [0, 0.05) is 16.8 Å². The van der Waals surface area contributed by atoms with Gasteiger partial charge < -0.3 is 9.47 Å². The van der Waals surface area contributed by atoms with Gasteiger partial charge in [-0.3, -0.25) is 4.99 Å². The zero-order valence-corrected chi connectivity index (χ0v) is 19.6. The van der Waals surface area contributed by atoms with Crippen LogP contribution < -0.4 is 9.47 Å². The summed E-state index contributed by atoms with van der Waals surface area (Å²) in [6, 6.07) is 17.8. The molecule has 0 N–H and O–H groups in total. The van der Waals surface area contributed by atoms with E-state index in [1.807, 2.05) is 61.7 Å². The Hall–Kier alpha value is -2.05. The fourth-order valence-corrected chi connectivity index (χ4v) is 3.82. The summed E-state index contributed by atoms with van der Waals surface area (Å²) < 4.78 is 12.9. The number of rotatable bonds is 7. The standard InChI is InChI=1S/C24H23ClINO2/c1-4-28-23-13-18(14-27-22-11-7-8-16(2)17(22)3)12-21(26)24(23)29-15-19-9-5-6-10-20(19)25/h5-14H,4,15H2,1-3H3. The van der Waals surface area contributed by atoms with Gasteiger partial charge in [-0.2, -0.15) is 0 Å². The topological polar surface area (TPSA) is 30.8 Å². The summed E-state index contributed by atoms with van der Waals surface area (Å²) in [5.41, 5.74) is 5.28. The molecule has 0 atom stereocenters. The van der Waals surface area contributed by atoms with E-state index in [4.69, 9.17) is 21.1 Å². The van der Waals surface area contributed by atoms with Gasteiger partial charge in [0.25, 0.3) is 0 Å². The molecule has 0 amide bonds. The first-order valence-electron chi connectivity index (χ1n) is 9.42.